The number of halogens is 2. The molecule has 0 aliphatic rings. The van der Waals surface area contributed by atoms with E-state index in [4.69, 9.17) is 6.57 Å². The van der Waals surface area contributed by atoms with Crippen molar-refractivity contribution >= 4 is 37.5 Å². The summed E-state index contributed by atoms with van der Waals surface area (Å²) >= 11 is 6.73. The maximum Gasteiger partial charge on any atom is 0.187 e. The summed E-state index contributed by atoms with van der Waals surface area (Å²) < 4.78 is 0. The monoisotopic (exact) mass is 287 g/mol. The standard InChI is InChI=1S/C9H7Br2N/c1-12-9-3-7(5-10)2-8(4-9)6-11/h2-4H,5-6H2. The van der Waals surface area contributed by atoms with Crippen LogP contribution in [0, 0.1) is 6.57 Å². The molecule has 0 saturated heterocycles. The molecule has 0 fully saturated rings. The van der Waals surface area contributed by atoms with Gasteiger partial charge < -0.3 is 0 Å². The second-order valence-electron chi connectivity index (χ2n) is 2.39. The van der Waals surface area contributed by atoms with Crippen molar-refractivity contribution in [3.63, 3.8) is 0 Å². The van der Waals surface area contributed by atoms with Crippen LogP contribution in [0.2, 0.25) is 0 Å². The van der Waals surface area contributed by atoms with Gasteiger partial charge >= 0.3 is 0 Å². The van der Waals surface area contributed by atoms with Gasteiger partial charge in [0, 0.05) is 10.7 Å². The smallest absolute Gasteiger partial charge is 0.187 e. The molecular weight excluding hydrogens is 282 g/mol. The fraction of sp³-hybridized carbons (Fsp3) is 0.222. The van der Waals surface area contributed by atoms with Crippen LogP contribution in [0.5, 0.6) is 0 Å². The van der Waals surface area contributed by atoms with Gasteiger partial charge in [-0.3, -0.25) is 0 Å². The van der Waals surface area contributed by atoms with E-state index in [1.807, 2.05) is 12.1 Å². The molecule has 0 aliphatic carbocycles. The molecular formula is C9H7Br2N. The van der Waals surface area contributed by atoms with Crippen molar-refractivity contribution < 1.29 is 0 Å². The zero-order valence-electron chi connectivity index (χ0n) is 6.35. The zero-order valence-corrected chi connectivity index (χ0v) is 9.52. The topological polar surface area (TPSA) is 4.36 Å². The molecule has 0 amide bonds. The summed E-state index contributed by atoms with van der Waals surface area (Å²) in [4.78, 5) is 3.40. The lowest BCUT2D eigenvalue weighted by atomic mass is 10.1. The number of hydrogen-bond donors (Lipinski definition) is 0. The summed E-state index contributed by atoms with van der Waals surface area (Å²) in [7, 11) is 0. The number of hydrogen-bond acceptors (Lipinski definition) is 0. The number of alkyl halides is 2. The molecule has 0 aliphatic heterocycles. The van der Waals surface area contributed by atoms with E-state index < -0.39 is 0 Å². The van der Waals surface area contributed by atoms with Crippen LogP contribution in [-0.2, 0) is 10.7 Å². The SMILES string of the molecule is [C-]#[N+]c1cc(CBr)cc(CBr)c1. The molecule has 3 heteroatoms. The molecule has 0 spiro atoms. The van der Waals surface area contributed by atoms with Gasteiger partial charge in [-0.25, -0.2) is 4.85 Å². The third-order valence-electron chi connectivity index (χ3n) is 1.48. The molecule has 0 atom stereocenters. The predicted octanol–water partition coefficient (Wildman–Crippen LogP) is 4.03. The van der Waals surface area contributed by atoms with Crippen molar-refractivity contribution in [2.45, 2.75) is 10.7 Å². The molecule has 0 bridgehead atoms. The Morgan fingerprint density at radius 2 is 1.58 bits per heavy atom. The molecule has 0 unspecified atom stereocenters. The minimum Gasteiger partial charge on any atom is -0.238 e. The Labute approximate surface area is 88.9 Å². The Hall–Kier alpha value is -0.330. The number of rotatable bonds is 2. The van der Waals surface area contributed by atoms with E-state index in [2.05, 4.69) is 42.8 Å². The lowest BCUT2D eigenvalue weighted by molar-refractivity contribution is 1.36. The second kappa shape index (κ2) is 4.64. The van der Waals surface area contributed by atoms with Crippen molar-refractivity contribution in [1.82, 2.24) is 0 Å². The van der Waals surface area contributed by atoms with Crippen molar-refractivity contribution in [3.05, 3.63) is 40.7 Å². The summed E-state index contributed by atoms with van der Waals surface area (Å²) in [5.41, 5.74) is 3.01. The highest BCUT2D eigenvalue weighted by molar-refractivity contribution is 9.08. The summed E-state index contributed by atoms with van der Waals surface area (Å²) in [5.74, 6) is 0. The first-order valence-electron chi connectivity index (χ1n) is 3.42. The molecule has 62 valence electrons. The third-order valence-corrected chi connectivity index (χ3v) is 2.77. The lowest BCUT2D eigenvalue weighted by Gasteiger charge is -2.00. The van der Waals surface area contributed by atoms with E-state index in [1.165, 1.54) is 0 Å². The van der Waals surface area contributed by atoms with Crippen molar-refractivity contribution in [2.75, 3.05) is 0 Å². The molecule has 1 aromatic carbocycles. The van der Waals surface area contributed by atoms with Gasteiger partial charge in [0.25, 0.3) is 0 Å². The van der Waals surface area contributed by atoms with E-state index in [1.54, 1.807) is 0 Å². The fourth-order valence-corrected chi connectivity index (χ4v) is 1.61. The molecule has 12 heavy (non-hydrogen) atoms. The van der Waals surface area contributed by atoms with Crippen molar-refractivity contribution in [3.8, 4) is 0 Å². The maximum atomic E-state index is 6.88. The normalized spacial score (nSPS) is 9.42. The minimum atomic E-state index is 0.710. The van der Waals surface area contributed by atoms with E-state index in [9.17, 15) is 0 Å². The first-order chi connectivity index (χ1) is 5.80. The maximum absolute atomic E-state index is 6.88. The highest BCUT2D eigenvalue weighted by Crippen LogP contribution is 2.20. The van der Waals surface area contributed by atoms with E-state index in [0.717, 1.165) is 21.8 Å². The van der Waals surface area contributed by atoms with Crippen molar-refractivity contribution in [1.29, 1.82) is 0 Å². The van der Waals surface area contributed by atoms with Crippen LogP contribution in [0.4, 0.5) is 5.69 Å². The highest BCUT2D eigenvalue weighted by Gasteiger charge is 1.98. The van der Waals surface area contributed by atoms with Crippen LogP contribution in [0.15, 0.2) is 18.2 Å². The van der Waals surface area contributed by atoms with Gasteiger partial charge in [0.2, 0.25) is 0 Å². The molecule has 0 heterocycles. The Bertz CT molecular complexity index is 293. The van der Waals surface area contributed by atoms with Crippen LogP contribution < -0.4 is 0 Å². The molecule has 0 aromatic heterocycles. The molecule has 1 nitrogen and oxygen atoms in total. The molecule has 1 rings (SSSR count). The first kappa shape index (κ1) is 9.76. The van der Waals surface area contributed by atoms with Gasteiger partial charge in [-0.1, -0.05) is 50.1 Å². The van der Waals surface area contributed by atoms with Gasteiger partial charge in [-0.15, -0.1) is 0 Å². The van der Waals surface area contributed by atoms with E-state index >= 15 is 0 Å². The Morgan fingerprint density at radius 3 is 1.92 bits per heavy atom. The fourth-order valence-electron chi connectivity index (χ4n) is 0.962. The van der Waals surface area contributed by atoms with Gasteiger partial charge in [-0.05, 0) is 11.1 Å². The summed E-state index contributed by atoms with van der Waals surface area (Å²) in [5, 5.41) is 1.60. The van der Waals surface area contributed by atoms with Crippen LogP contribution in [0.25, 0.3) is 4.85 Å². The van der Waals surface area contributed by atoms with Gasteiger partial charge in [-0.2, -0.15) is 0 Å². The first-order valence-corrected chi connectivity index (χ1v) is 5.66. The average molecular weight is 289 g/mol. The largest absolute Gasteiger partial charge is 0.238 e. The minimum absolute atomic E-state index is 0.710. The van der Waals surface area contributed by atoms with Gasteiger partial charge in [0.05, 0.1) is 6.57 Å². The van der Waals surface area contributed by atoms with Crippen LogP contribution in [0.3, 0.4) is 0 Å². The summed E-state index contributed by atoms with van der Waals surface area (Å²) in [6.07, 6.45) is 0. The van der Waals surface area contributed by atoms with Crippen LogP contribution in [-0.4, -0.2) is 0 Å². The molecule has 0 radical (unpaired) electrons. The predicted molar refractivity (Wildman–Crippen MR) is 58.0 cm³/mol. The number of nitrogens with zero attached hydrogens (tertiary/aromatic N) is 1. The lowest BCUT2D eigenvalue weighted by Crippen LogP contribution is -1.81. The van der Waals surface area contributed by atoms with Gasteiger partial charge in [0.15, 0.2) is 5.69 Å². The van der Waals surface area contributed by atoms with Crippen LogP contribution >= 0.6 is 31.9 Å². The number of benzene rings is 1. The van der Waals surface area contributed by atoms with Crippen LogP contribution in [0.1, 0.15) is 11.1 Å². The molecule has 1 aromatic rings. The van der Waals surface area contributed by atoms with Crippen molar-refractivity contribution in [2.24, 2.45) is 0 Å². The zero-order chi connectivity index (χ0) is 8.97. The summed E-state index contributed by atoms with van der Waals surface area (Å²) in [6, 6.07) is 5.88. The van der Waals surface area contributed by atoms with E-state index in [-0.39, 0.29) is 0 Å². The third kappa shape index (κ3) is 2.33. The Morgan fingerprint density at radius 1 is 1.08 bits per heavy atom. The van der Waals surface area contributed by atoms with E-state index in [0.29, 0.717) is 5.69 Å². The summed E-state index contributed by atoms with van der Waals surface area (Å²) in [6.45, 7) is 6.88. The van der Waals surface area contributed by atoms with Gasteiger partial charge in [0.1, 0.15) is 0 Å². The molecule has 0 N–H and O–H groups in total. The second-order valence-corrected chi connectivity index (χ2v) is 3.51. The quantitative estimate of drug-likeness (QED) is 0.572. The molecule has 0 saturated carbocycles. The highest BCUT2D eigenvalue weighted by atomic mass is 79.9. The average Bonchev–Trinajstić information content (AvgIpc) is 2.16. The Kier molecular flexibility index (Phi) is 3.77. The Balaban J connectivity index is 3.12.